The van der Waals surface area contributed by atoms with Crippen LogP contribution in [0.1, 0.15) is 6.42 Å². The first-order valence-corrected chi connectivity index (χ1v) is 7.49. The molecule has 0 aliphatic rings. The normalized spacial score (nSPS) is 10.1. The van der Waals surface area contributed by atoms with Gasteiger partial charge in [0.25, 0.3) is 5.91 Å². The second kappa shape index (κ2) is 9.48. The molecule has 23 heavy (non-hydrogen) atoms. The highest BCUT2D eigenvalue weighted by Crippen LogP contribution is 2.23. The number of nitrogens with one attached hydrogen (secondary N) is 1. The molecule has 0 fully saturated rings. The van der Waals surface area contributed by atoms with E-state index in [9.17, 15) is 4.79 Å². The molecule has 1 N–H and O–H groups in total. The summed E-state index contributed by atoms with van der Waals surface area (Å²) < 4.78 is 16.0. The first-order chi connectivity index (χ1) is 11.3. The summed E-state index contributed by atoms with van der Waals surface area (Å²) in [6, 6.07) is 16.7. The monoisotopic (exact) mass is 315 g/mol. The fourth-order valence-corrected chi connectivity index (χ4v) is 1.87. The lowest BCUT2D eigenvalue weighted by atomic mass is 10.3. The van der Waals surface area contributed by atoms with Gasteiger partial charge in [-0.05, 0) is 42.8 Å². The van der Waals surface area contributed by atoms with Gasteiger partial charge in [0.05, 0.1) is 0 Å². The maximum atomic E-state index is 11.6. The molecule has 0 atom stereocenters. The average molecular weight is 315 g/mol. The molecule has 0 heterocycles. The molecule has 0 saturated carbocycles. The van der Waals surface area contributed by atoms with Crippen molar-refractivity contribution in [2.24, 2.45) is 0 Å². The zero-order valence-corrected chi connectivity index (χ0v) is 13.2. The summed E-state index contributed by atoms with van der Waals surface area (Å²) >= 11 is 0. The molecule has 5 heteroatoms. The van der Waals surface area contributed by atoms with Gasteiger partial charge in [-0.15, -0.1) is 0 Å². The summed E-state index contributed by atoms with van der Waals surface area (Å²) in [5, 5.41) is 2.76. The van der Waals surface area contributed by atoms with E-state index in [1.807, 2.05) is 30.3 Å². The number of para-hydroxylation sites is 1. The van der Waals surface area contributed by atoms with Crippen LogP contribution in [0.2, 0.25) is 0 Å². The van der Waals surface area contributed by atoms with E-state index >= 15 is 0 Å². The second-order valence-corrected chi connectivity index (χ2v) is 4.87. The number of methoxy groups -OCH3 is 1. The number of hydrogen-bond donors (Lipinski definition) is 1. The maximum Gasteiger partial charge on any atom is 0.257 e. The van der Waals surface area contributed by atoms with E-state index in [0.29, 0.717) is 24.7 Å². The Morgan fingerprint density at radius 3 is 2.30 bits per heavy atom. The van der Waals surface area contributed by atoms with Gasteiger partial charge in [0, 0.05) is 20.3 Å². The second-order valence-electron chi connectivity index (χ2n) is 4.87. The van der Waals surface area contributed by atoms with E-state index in [-0.39, 0.29) is 12.5 Å². The Morgan fingerprint density at radius 1 is 0.957 bits per heavy atom. The van der Waals surface area contributed by atoms with Crippen LogP contribution >= 0.6 is 0 Å². The fourth-order valence-electron chi connectivity index (χ4n) is 1.87. The minimum Gasteiger partial charge on any atom is -0.484 e. The highest BCUT2D eigenvalue weighted by molar-refractivity contribution is 5.77. The Morgan fingerprint density at radius 2 is 1.61 bits per heavy atom. The lowest BCUT2D eigenvalue weighted by Gasteiger charge is -2.09. The van der Waals surface area contributed by atoms with Gasteiger partial charge in [-0.3, -0.25) is 4.79 Å². The molecule has 0 aliphatic carbocycles. The number of rotatable bonds is 9. The van der Waals surface area contributed by atoms with E-state index in [1.165, 1.54) is 0 Å². The van der Waals surface area contributed by atoms with Crippen LogP contribution in [0.25, 0.3) is 0 Å². The molecule has 0 spiro atoms. The van der Waals surface area contributed by atoms with Gasteiger partial charge in [0.2, 0.25) is 0 Å². The van der Waals surface area contributed by atoms with Crippen LogP contribution in [0.3, 0.4) is 0 Å². The molecule has 0 radical (unpaired) electrons. The summed E-state index contributed by atoms with van der Waals surface area (Å²) in [7, 11) is 1.64. The summed E-state index contributed by atoms with van der Waals surface area (Å²) in [4.78, 5) is 11.6. The molecule has 0 unspecified atom stereocenters. The van der Waals surface area contributed by atoms with Gasteiger partial charge < -0.3 is 19.5 Å². The average Bonchev–Trinajstić information content (AvgIpc) is 2.59. The molecule has 2 aromatic carbocycles. The molecule has 2 rings (SSSR count). The van der Waals surface area contributed by atoms with E-state index in [0.717, 1.165) is 12.2 Å². The van der Waals surface area contributed by atoms with E-state index in [2.05, 4.69) is 5.32 Å². The van der Waals surface area contributed by atoms with Crippen LogP contribution in [0.4, 0.5) is 0 Å². The quantitative estimate of drug-likeness (QED) is 0.723. The van der Waals surface area contributed by atoms with Crippen molar-refractivity contribution in [3.8, 4) is 17.2 Å². The largest absolute Gasteiger partial charge is 0.484 e. The molecule has 122 valence electrons. The first kappa shape index (κ1) is 16.8. The Bertz CT molecular complexity index is 584. The van der Waals surface area contributed by atoms with E-state index in [4.69, 9.17) is 14.2 Å². The summed E-state index contributed by atoms with van der Waals surface area (Å²) in [6.07, 6.45) is 0.785. The van der Waals surface area contributed by atoms with Crippen LogP contribution in [-0.2, 0) is 9.53 Å². The van der Waals surface area contributed by atoms with Crippen molar-refractivity contribution in [3.05, 3.63) is 54.6 Å². The van der Waals surface area contributed by atoms with Crippen molar-refractivity contribution in [2.45, 2.75) is 6.42 Å². The molecule has 0 aliphatic heterocycles. The molecular formula is C18H21NO4. The predicted octanol–water partition coefficient (Wildman–Crippen LogP) is 3.01. The van der Waals surface area contributed by atoms with Crippen LogP contribution < -0.4 is 14.8 Å². The van der Waals surface area contributed by atoms with Crippen molar-refractivity contribution in [3.63, 3.8) is 0 Å². The topological polar surface area (TPSA) is 56.8 Å². The van der Waals surface area contributed by atoms with Crippen LogP contribution in [0, 0.1) is 0 Å². The molecule has 0 aromatic heterocycles. The molecule has 2 aromatic rings. The van der Waals surface area contributed by atoms with Gasteiger partial charge >= 0.3 is 0 Å². The van der Waals surface area contributed by atoms with Crippen LogP contribution in [-0.4, -0.2) is 32.8 Å². The summed E-state index contributed by atoms with van der Waals surface area (Å²) in [5.74, 6) is 1.97. The number of ether oxygens (including phenoxy) is 3. The number of amides is 1. The third-order valence-electron chi connectivity index (χ3n) is 3.02. The Labute approximate surface area is 136 Å². The Kier molecular flexibility index (Phi) is 6.94. The van der Waals surface area contributed by atoms with E-state index < -0.39 is 0 Å². The lowest BCUT2D eigenvalue weighted by Crippen LogP contribution is -2.30. The van der Waals surface area contributed by atoms with Gasteiger partial charge in [0.1, 0.15) is 17.2 Å². The van der Waals surface area contributed by atoms with Crippen molar-refractivity contribution in [2.75, 3.05) is 26.9 Å². The van der Waals surface area contributed by atoms with Crippen molar-refractivity contribution in [1.29, 1.82) is 0 Å². The van der Waals surface area contributed by atoms with Crippen molar-refractivity contribution < 1.29 is 19.0 Å². The lowest BCUT2D eigenvalue weighted by molar-refractivity contribution is -0.123. The fraction of sp³-hybridized carbons (Fsp3) is 0.278. The molecule has 5 nitrogen and oxygen atoms in total. The minimum absolute atomic E-state index is 0.00806. The maximum absolute atomic E-state index is 11.6. The van der Waals surface area contributed by atoms with Gasteiger partial charge in [0.15, 0.2) is 6.61 Å². The zero-order chi connectivity index (χ0) is 16.3. The van der Waals surface area contributed by atoms with Crippen LogP contribution in [0.5, 0.6) is 17.2 Å². The summed E-state index contributed by atoms with van der Waals surface area (Å²) in [6.45, 7) is 1.20. The van der Waals surface area contributed by atoms with Crippen LogP contribution in [0.15, 0.2) is 54.6 Å². The van der Waals surface area contributed by atoms with Crippen molar-refractivity contribution >= 4 is 5.91 Å². The van der Waals surface area contributed by atoms with Gasteiger partial charge in [-0.25, -0.2) is 0 Å². The first-order valence-electron chi connectivity index (χ1n) is 7.49. The standard InChI is InChI=1S/C18H21NO4/c1-21-13-5-12-19-18(20)14-22-15-8-10-17(11-9-15)23-16-6-3-2-4-7-16/h2-4,6-11H,5,12-14H2,1H3,(H,19,20). The smallest absolute Gasteiger partial charge is 0.257 e. The predicted molar refractivity (Wildman–Crippen MR) is 88.0 cm³/mol. The highest BCUT2D eigenvalue weighted by atomic mass is 16.5. The number of carbonyl (C=O) groups excluding carboxylic acids is 1. The number of benzene rings is 2. The highest BCUT2D eigenvalue weighted by Gasteiger charge is 2.03. The summed E-state index contributed by atoms with van der Waals surface area (Å²) in [5.41, 5.74) is 0. The Balaban J connectivity index is 1.73. The zero-order valence-electron chi connectivity index (χ0n) is 13.2. The molecule has 0 saturated heterocycles. The minimum atomic E-state index is -0.147. The Hall–Kier alpha value is -2.53. The third-order valence-corrected chi connectivity index (χ3v) is 3.02. The molecule has 0 bridgehead atoms. The molecular weight excluding hydrogens is 294 g/mol. The third kappa shape index (κ3) is 6.40. The van der Waals surface area contributed by atoms with Gasteiger partial charge in [-0.2, -0.15) is 0 Å². The number of hydrogen-bond acceptors (Lipinski definition) is 4. The molecule has 1 amide bonds. The van der Waals surface area contributed by atoms with Crippen molar-refractivity contribution in [1.82, 2.24) is 5.32 Å². The SMILES string of the molecule is COCCCNC(=O)COc1ccc(Oc2ccccc2)cc1. The van der Waals surface area contributed by atoms with E-state index in [1.54, 1.807) is 31.4 Å². The number of carbonyl (C=O) groups is 1. The van der Waals surface area contributed by atoms with Gasteiger partial charge in [-0.1, -0.05) is 18.2 Å².